The van der Waals surface area contributed by atoms with Gasteiger partial charge in [0.15, 0.2) is 0 Å². The lowest BCUT2D eigenvalue weighted by atomic mass is 9.92. The van der Waals surface area contributed by atoms with Crippen molar-refractivity contribution in [2.24, 2.45) is 0 Å². The first kappa shape index (κ1) is 12.7. The van der Waals surface area contributed by atoms with Crippen molar-refractivity contribution in [2.75, 3.05) is 13.2 Å². The Hall–Kier alpha value is -1.37. The number of ether oxygens (including phenoxy) is 1. The number of rotatable bonds is 2. The first-order valence-corrected chi connectivity index (χ1v) is 6.68. The zero-order valence-electron chi connectivity index (χ0n) is 9.90. The molecule has 1 aromatic heterocycles. The summed E-state index contributed by atoms with van der Waals surface area (Å²) < 4.78 is 33.2. The highest BCUT2D eigenvalue weighted by Gasteiger charge is 2.35. The van der Waals surface area contributed by atoms with E-state index in [0.717, 1.165) is 23.5 Å². The highest BCUT2D eigenvalue weighted by Crippen LogP contribution is 2.35. The molecule has 1 atom stereocenters. The van der Waals surface area contributed by atoms with Crippen molar-refractivity contribution >= 4 is 11.3 Å². The van der Waals surface area contributed by atoms with Crippen LogP contribution in [0, 0.1) is 11.6 Å². The van der Waals surface area contributed by atoms with Crippen molar-refractivity contribution in [1.29, 1.82) is 0 Å². The molecule has 2 aromatic rings. The number of nitrogens with zero attached hydrogens (tertiary/aromatic N) is 1. The summed E-state index contributed by atoms with van der Waals surface area (Å²) in [5, 5.41) is 12.2. The van der Waals surface area contributed by atoms with Crippen LogP contribution in [0.15, 0.2) is 23.7 Å². The normalized spacial score (nSPS) is 22.9. The molecule has 0 spiro atoms. The fourth-order valence-corrected chi connectivity index (χ4v) is 2.86. The number of benzene rings is 1. The van der Waals surface area contributed by atoms with Gasteiger partial charge in [-0.25, -0.2) is 13.8 Å². The molecule has 0 aliphatic carbocycles. The van der Waals surface area contributed by atoms with Crippen LogP contribution in [-0.4, -0.2) is 23.3 Å². The fourth-order valence-electron chi connectivity index (χ4n) is 2.17. The van der Waals surface area contributed by atoms with Gasteiger partial charge >= 0.3 is 0 Å². The topological polar surface area (TPSA) is 42.4 Å². The first-order chi connectivity index (χ1) is 9.10. The molecule has 0 amide bonds. The van der Waals surface area contributed by atoms with Crippen LogP contribution in [0.2, 0.25) is 0 Å². The Labute approximate surface area is 112 Å². The van der Waals surface area contributed by atoms with E-state index in [-0.39, 0.29) is 22.7 Å². The van der Waals surface area contributed by atoms with Gasteiger partial charge in [-0.3, -0.25) is 0 Å². The van der Waals surface area contributed by atoms with Crippen LogP contribution >= 0.6 is 11.3 Å². The quantitative estimate of drug-likeness (QED) is 0.921. The van der Waals surface area contributed by atoms with E-state index in [0.29, 0.717) is 13.0 Å². The van der Waals surface area contributed by atoms with Crippen LogP contribution in [0.25, 0.3) is 10.6 Å². The van der Waals surface area contributed by atoms with Gasteiger partial charge in [-0.2, -0.15) is 0 Å². The lowest BCUT2D eigenvalue weighted by Gasteiger charge is -2.21. The maximum atomic E-state index is 14.1. The molecule has 1 N–H and O–H groups in total. The molecule has 1 aliphatic rings. The molecule has 1 aliphatic heterocycles. The Kier molecular flexibility index (Phi) is 3.08. The zero-order chi connectivity index (χ0) is 13.5. The molecule has 0 radical (unpaired) electrons. The largest absolute Gasteiger partial charge is 0.383 e. The van der Waals surface area contributed by atoms with Crippen LogP contribution in [0.5, 0.6) is 0 Å². The SMILES string of the molecule is OC1(c2cc(F)c(-c3nccs3)c(F)c2)CCOC1. The van der Waals surface area contributed by atoms with Crippen LogP contribution in [-0.2, 0) is 10.3 Å². The molecule has 0 bridgehead atoms. The van der Waals surface area contributed by atoms with Crippen LogP contribution < -0.4 is 0 Å². The molecule has 2 heterocycles. The maximum Gasteiger partial charge on any atom is 0.136 e. The summed E-state index contributed by atoms with van der Waals surface area (Å²) in [5.74, 6) is -1.43. The zero-order valence-corrected chi connectivity index (χ0v) is 10.7. The molecule has 6 heteroatoms. The summed E-state index contributed by atoms with van der Waals surface area (Å²) >= 11 is 1.16. The summed E-state index contributed by atoms with van der Waals surface area (Å²) in [6.45, 7) is 0.441. The van der Waals surface area contributed by atoms with Crippen LogP contribution in [0.1, 0.15) is 12.0 Å². The van der Waals surface area contributed by atoms with Gasteiger partial charge < -0.3 is 9.84 Å². The molecule has 0 saturated carbocycles. The second-order valence-electron chi connectivity index (χ2n) is 4.49. The van der Waals surface area contributed by atoms with E-state index in [2.05, 4.69) is 4.98 Å². The highest BCUT2D eigenvalue weighted by atomic mass is 32.1. The third kappa shape index (κ3) is 2.16. The molecule has 1 fully saturated rings. The average Bonchev–Trinajstić information content (AvgIpc) is 3.00. The van der Waals surface area contributed by atoms with Gasteiger partial charge in [0.25, 0.3) is 0 Å². The van der Waals surface area contributed by atoms with Gasteiger partial charge in [0.2, 0.25) is 0 Å². The standard InChI is InChI=1S/C13H11F2NO2S/c14-9-5-8(13(17)1-3-18-7-13)6-10(15)11(9)12-16-2-4-19-12/h2,4-6,17H,1,3,7H2. The summed E-state index contributed by atoms with van der Waals surface area (Å²) in [5.41, 5.74) is -1.25. The van der Waals surface area contributed by atoms with Crippen molar-refractivity contribution in [3.8, 4) is 10.6 Å². The smallest absolute Gasteiger partial charge is 0.136 e. The van der Waals surface area contributed by atoms with Gasteiger partial charge in [-0.15, -0.1) is 11.3 Å². The minimum absolute atomic E-state index is 0.0580. The highest BCUT2D eigenvalue weighted by molar-refractivity contribution is 7.13. The molecule has 3 rings (SSSR count). The van der Waals surface area contributed by atoms with Gasteiger partial charge in [0.05, 0.1) is 12.2 Å². The molecular formula is C13H11F2NO2S. The number of halogens is 2. The van der Waals surface area contributed by atoms with E-state index < -0.39 is 17.2 Å². The van der Waals surface area contributed by atoms with Crippen molar-refractivity contribution < 1.29 is 18.6 Å². The minimum atomic E-state index is -1.30. The molecule has 19 heavy (non-hydrogen) atoms. The van der Waals surface area contributed by atoms with Crippen molar-refractivity contribution in [1.82, 2.24) is 4.98 Å². The minimum Gasteiger partial charge on any atom is -0.383 e. The Bertz CT molecular complexity index is 572. The molecule has 1 unspecified atom stereocenters. The van der Waals surface area contributed by atoms with E-state index in [9.17, 15) is 13.9 Å². The predicted octanol–water partition coefficient (Wildman–Crippen LogP) is 2.70. The van der Waals surface area contributed by atoms with Gasteiger partial charge in [0, 0.05) is 24.6 Å². The first-order valence-electron chi connectivity index (χ1n) is 5.80. The number of aliphatic hydroxyl groups is 1. The summed E-state index contributed by atoms with van der Waals surface area (Å²) in [6, 6.07) is 2.32. The number of aromatic nitrogens is 1. The van der Waals surface area contributed by atoms with E-state index in [1.54, 1.807) is 5.38 Å². The van der Waals surface area contributed by atoms with Crippen molar-refractivity contribution in [3.63, 3.8) is 0 Å². The molecule has 3 nitrogen and oxygen atoms in total. The Morgan fingerprint density at radius 2 is 2.05 bits per heavy atom. The van der Waals surface area contributed by atoms with E-state index >= 15 is 0 Å². The predicted molar refractivity (Wildman–Crippen MR) is 66.8 cm³/mol. The van der Waals surface area contributed by atoms with Crippen LogP contribution in [0.4, 0.5) is 8.78 Å². The van der Waals surface area contributed by atoms with Crippen LogP contribution in [0.3, 0.4) is 0 Å². The molecule has 1 aromatic carbocycles. The molecule has 100 valence electrons. The molecular weight excluding hydrogens is 272 g/mol. The lowest BCUT2D eigenvalue weighted by Crippen LogP contribution is -2.26. The Morgan fingerprint density at radius 1 is 1.32 bits per heavy atom. The molecule has 1 saturated heterocycles. The van der Waals surface area contributed by atoms with E-state index in [1.165, 1.54) is 6.20 Å². The average molecular weight is 283 g/mol. The van der Waals surface area contributed by atoms with Gasteiger partial charge in [-0.1, -0.05) is 0 Å². The Balaban J connectivity index is 2.08. The van der Waals surface area contributed by atoms with Gasteiger partial charge in [-0.05, 0) is 17.7 Å². The summed E-state index contributed by atoms with van der Waals surface area (Å²) in [7, 11) is 0. The number of hydrogen-bond donors (Lipinski definition) is 1. The second-order valence-corrected chi connectivity index (χ2v) is 5.38. The summed E-state index contributed by atoms with van der Waals surface area (Å²) in [6.07, 6.45) is 1.83. The lowest BCUT2D eigenvalue weighted by molar-refractivity contribution is 0.0227. The number of hydrogen-bond acceptors (Lipinski definition) is 4. The van der Waals surface area contributed by atoms with Crippen molar-refractivity contribution in [3.05, 3.63) is 40.9 Å². The Morgan fingerprint density at radius 3 is 2.58 bits per heavy atom. The van der Waals surface area contributed by atoms with Gasteiger partial charge in [0.1, 0.15) is 22.2 Å². The van der Waals surface area contributed by atoms with E-state index in [1.807, 2.05) is 0 Å². The maximum absolute atomic E-state index is 14.1. The number of thiazole rings is 1. The fraction of sp³-hybridized carbons (Fsp3) is 0.308. The summed E-state index contributed by atoms with van der Waals surface area (Å²) in [4.78, 5) is 3.90. The third-order valence-electron chi connectivity index (χ3n) is 3.23. The van der Waals surface area contributed by atoms with Crippen molar-refractivity contribution in [2.45, 2.75) is 12.0 Å². The monoisotopic (exact) mass is 283 g/mol. The third-order valence-corrected chi connectivity index (χ3v) is 4.02. The van der Waals surface area contributed by atoms with E-state index in [4.69, 9.17) is 4.74 Å². The second kappa shape index (κ2) is 4.63.